The number of hydrogen-bond acceptors (Lipinski definition) is 0. The standard InChI is InChI=1S/C26H22N2/c1-3-9-21(10-4-1)19-27-17-7-13-23-24-14-8-18-28(26(24)16-15-25(23)27)20-22-11-5-2-6-12-22/h1-18H,19-20H2/q+2. The molecular formula is C26H22N2+2. The monoisotopic (exact) mass is 362 g/mol. The Morgan fingerprint density at radius 2 is 0.857 bits per heavy atom. The lowest BCUT2D eigenvalue weighted by atomic mass is 10.1. The maximum absolute atomic E-state index is 2.33. The summed E-state index contributed by atoms with van der Waals surface area (Å²) in [6.07, 6.45) is 4.34. The van der Waals surface area contributed by atoms with Crippen LogP contribution in [-0.4, -0.2) is 0 Å². The molecule has 0 unspecified atom stereocenters. The van der Waals surface area contributed by atoms with E-state index in [9.17, 15) is 0 Å². The molecule has 2 heteroatoms. The van der Waals surface area contributed by atoms with Crippen LogP contribution in [-0.2, 0) is 13.1 Å². The number of fused-ring (bicyclic) bond motifs is 3. The van der Waals surface area contributed by atoms with Gasteiger partial charge in [0.2, 0.25) is 11.0 Å². The van der Waals surface area contributed by atoms with E-state index in [-0.39, 0.29) is 0 Å². The molecule has 5 rings (SSSR count). The molecule has 2 aromatic heterocycles. The van der Waals surface area contributed by atoms with Crippen LogP contribution in [0, 0.1) is 0 Å². The van der Waals surface area contributed by atoms with Gasteiger partial charge in [-0.2, -0.15) is 9.13 Å². The van der Waals surface area contributed by atoms with Gasteiger partial charge in [0.05, 0.1) is 10.8 Å². The topological polar surface area (TPSA) is 7.76 Å². The molecule has 28 heavy (non-hydrogen) atoms. The molecule has 0 aliphatic rings. The van der Waals surface area contributed by atoms with Crippen molar-refractivity contribution in [2.24, 2.45) is 0 Å². The SMILES string of the molecule is c1ccc(C[n+]2cccc3c4ccc[n+](Cc5ccccc5)c4ccc32)cc1. The first-order valence-corrected chi connectivity index (χ1v) is 9.70. The molecule has 0 atom stereocenters. The quantitative estimate of drug-likeness (QED) is 0.324. The average Bonchev–Trinajstić information content (AvgIpc) is 2.75. The number of nitrogens with zero attached hydrogens (tertiary/aromatic N) is 2. The molecule has 2 heterocycles. The molecule has 3 aromatic carbocycles. The first kappa shape index (κ1) is 16.6. The highest BCUT2D eigenvalue weighted by Crippen LogP contribution is 2.21. The number of benzene rings is 3. The van der Waals surface area contributed by atoms with Crippen LogP contribution in [0.1, 0.15) is 11.1 Å². The van der Waals surface area contributed by atoms with Crippen LogP contribution < -0.4 is 9.13 Å². The van der Waals surface area contributed by atoms with Crippen LogP contribution in [0.3, 0.4) is 0 Å². The van der Waals surface area contributed by atoms with E-state index in [0.29, 0.717) is 0 Å². The van der Waals surface area contributed by atoms with Crippen LogP contribution in [0.4, 0.5) is 0 Å². The van der Waals surface area contributed by atoms with Gasteiger partial charge in [-0.25, -0.2) is 0 Å². The Morgan fingerprint density at radius 1 is 0.429 bits per heavy atom. The Labute approximate surface area is 164 Å². The molecular weight excluding hydrogens is 340 g/mol. The second kappa shape index (κ2) is 7.24. The summed E-state index contributed by atoms with van der Waals surface area (Å²) >= 11 is 0. The molecule has 0 saturated carbocycles. The Balaban J connectivity index is 1.62. The fraction of sp³-hybridized carbons (Fsp3) is 0.0769. The minimum Gasteiger partial charge on any atom is -0.194 e. The van der Waals surface area contributed by atoms with E-state index in [0.717, 1.165) is 13.1 Å². The van der Waals surface area contributed by atoms with Crippen molar-refractivity contribution in [2.45, 2.75) is 13.1 Å². The predicted molar refractivity (Wildman–Crippen MR) is 113 cm³/mol. The van der Waals surface area contributed by atoms with Crippen LogP contribution >= 0.6 is 0 Å². The number of hydrogen-bond donors (Lipinski definition) is 0. The van der Waals surface area contributed by atoms with Crippen molar-refractivity contribution in [3.8, 4) is 0 Å². The molecule has 2 nitrogen and oxygen atoms in total. The van der Waals surface area contributed by atoms with Gasteiger partial charge >= 0.3 is 0 Å². The van der Waals surface area contributed by atoms with Crippen LogP contribution in [0.15, 0.2) is 109 Å². The maximum atomic E-state index is 2.33. The van der Waals surface area contributed by atoms with Crippen molar-refractivity contribution in [3.05, 3.63) is 121 Å². The zero-order valence-corrected chi connectivity index (χ0v) is 15.7. The molecule has 0 bridgehead atoms. The fourth-order valence-electron chi connectivity index (χ4n) is 3.95. The Bertz CT molecular complexity index is 1140. The van der Waals surface area contributed by atoms with Crippen molar-refractivity contribution >= 4 is 21.8 Å². The van der Waals surface area contributed by atoms with E-state index in [4.69, 9.17) is 0 Å². The summed E-state index contributed by atoms with van der Waals surface area (Å²) in [4.78, 5) is 0. The van der Waals surface area contributed by atoms with Crippen LogP contribution in [0.5, 0.6) is 0 Å². The number of rotatable bonds is 4. The van der Waals surface area contributed by atoms with Gasteiger partial charge in [0.15, 0.2) is 25.5 Å². The number of aromatic nitrogens is 2. The first-order chi connectivity index (χ1) is 13.9. The zero-order chi connectivity index (χ0) is 18.8. The van der Waals surface area contributed by atoms with Crippen molar-refractivity contribution in [1.29, 1.82) is 0 Å². The lowest BCUT2D eigenvalue weighted by molar-refractivity contribution is -0.664. The predicted octanol–water partition coefficient (Wildman–Crippen LogP) is 4.66. The average molecular weight is 362 g/mol. The highest BCUT2D eigenvalue weighted by atomic mass is 15.0. The van der Waals surface area contributed by atoms with E-state index in [1.165, 1.54) is 32.9 Å². The molecule has 0 radical (unpaired) electrons. The highest BCUT2D eigenvalue weighted by molar-refractivity contribution is 6.02. The molecule has 134 valence electrons. The van der Waals surface area contributed by atoms with Crippen molar-refractivity contribution in [1.82, 2.24) is 0 Å². The van der Waals surface area contributed by atoms with E-state index in [2.05, 4.69) is 119 Å². The van der Waals surface area contributed by atoms with Gasteiger partial charge in [-0.15, -0.1) is 0 Å². The van der Waals surface area contributed by atoms with E-state index in [1.807, 2.05) is 0 Å². The van der Waals surface area contributed by atoms with E-state index >= 15 is 0 Å². The van der Waals surface area contributed by atoms with Gasteiger partial charge < -0.3 is 0 Å². The third-order valence-corrected chi connectivity index (χ3v) is 5.31. The minimum atomic E-state index is 0.876. The summed E-state index contributed by atoms with van der Waals surface area (Å²) < 4.78 is 4.66. The van der Waals surface area contributed by atoms with Gasteiger partial charge in [0, 0.05) is 35.4 Å². The second-order valence-corrected chi connectivity index (χ2v) is 7.17. The van der Waals surface area contributed by atoms with Crippen LogP contribution in [0.2, 0.25) is 0 Å². The van der Waals surface area contributed by atoms with Crippen molar-refractivity contribution < 1.29 is 9.13 Å². The number of pyridine rings is 2. The van der Waals surface area contributed by atoms with Crippen molar-refractivity contribution in [2.75, 3.05) is 0 Å². The summed E-state index contributed by atoms with van der Waals surface area (Å²) in [5.41, 5.74) is 5.15. The molecule has 0 aliphatic carbocycles. The molecule has 0 fully saturated rings. The fourth-order valence-corrected chi connectivity index (χ4v) is 3.95. The van der Waals surface area contributed by atoms with Gasteiger partial charge in [-0.05, 0) is 12.1 Å². The molecule has 0 aliphatic heterocycles. The maximum Gasteiger partial charge on any atom is 0.213 e. The summed E-state index contributed by atoms with van der Waals surface area (Å²) in [5.74, 6) is 0. The van der Waals surface area contributed by atoms with Gasteiger partial charge in [-0.3, -0.25) is 0 Å². The Morgan fingerprint density at radius 3 is 1.29 bits per heavy atom. The summed E-state index contributed by atoms with van der Waals surface area (Å²) in [5, 5.41) is 2.58. The molecule has 0 amide bonds. The first-order valence-electron chi connectivity index (χ1n) is 9.70. The Kier molecular flexibility index (Phi) is 4.30. The third-order valence-electron chi connectivity index (χ3n) is 5.31. The smallest absolute Gasteiger partial charge is 0.194 e. The molecule has 0 spiro atoms. The van der Waals surface area contributed by atoms with E-state index < -0.39 is 0 Å². The summed E-state index contributed by atoms with van der Waals surface area (Å²) in [6, 6.07) is 34.5. The van der Waals surface area contributed by atoms with Gasteiger partial charge in [0.1, 0.15) is 0 Å². The zero-order valence-electron chi connectivity index (χ0n) is 15.7. The summed E-state index contributed by atoms with van der Waals surface area (Å²) in [6.45, 7) is 1.75. The molecule has 5 aromatic rings. The second-order valence-electron chi connectivity index (χ2n) is 7.17. The Hall–Kier alpha value is -3.52. The largest absolute Gasteiger partial charge is 0.213 e. The van der Waals surface area contributed by atoms with Gasteiger partial charge in [0.25, 0.3) is 0 Å². The van der Waals surface area contributed by atoms with Crippen molar-refractivity contribution in [3.63, 3.8) is 0 Å². The normalized spacial score (nSPS) is 11.1. The lowest BCUT2D eigenvalue weighted by Crippen LogP contribution is -2.36. The minimum absolute atomic E-state index is 0.876. The van der Waals surface area contributed by atoms with Crippen LogP contribution in [0.25, 0.3) is 21.8 Å². The highest BCUT2D eigenvalue weighted by Gasteiger charge is 2.16. The van der Waals surface area contributed by atoms with E-state index in [1.54, 1.807) is 0 Å². The molecule has 0 saturated heterocycles. The molecule has 0 N–H and O–H groups in total. The lowest BCUT2D eigenvalue weighted by Gasteiger charge is -2.06. The summed E-state index contributed by atoms with van der Waals surface area (Å²) in [7, 11) is 0. The van der Waals surface area contributed by atoms with Gasteiger partial charge in [-0.1, -0.05) is 60.7 Å². The third kappa shape index (κ3) is 3.14.